The number of hydrogen-bond donors (Lipinski definition) is 0. The maximum Gasteiger partial charge on any atom is 0.141 e. The summed E-state index contributed by atoms with van der Waals surface area (Å²) in [4.78, 5) is 2.08. The Bertz CT molecular complexity index is 649. The standard InChI is InChI=1S/C16H14ClFN2/c1-20(10-13-4-2-3-12(7-13)9-19)11-14-5-6-16(18)15(17)8-14/h2-8H,10-11H2,1H3. The third kappa shape index (κ3) is 3.80. The molecule has 2 aromatic carbocycles. The average molecular weight is 289 g/mol. The van der Waals surface area contributed by atoms with Crippen molar-refractivity contribution in [3.8, 4) is 6.07 Å². The maximum absolute atomic E-state index is 13.1. The largest absolute Gasteiger partial charge is 0.298 e. The number of benzene rings is 2. The van der Waals surface area contributed by atoms with Crippen molar-refractivity contribution in [2.75, 3.05) is 7.05 Å². The smallest absolute Gasteiger partial charge is 0.141 e. The summed E-state index contributed by atoms with van der Waals surface area (Å²) < 4.78 is 13.1. The summed E-state index contributed by atoms with van der Waals surface area (Å²) in [6, 6.07) is 14.4. The van der Waals surface area contributed by atoms with Gasteiger partial charge >= 0.3 is 0 Å². The van der Waals surface area contributed by atoms with Crippen LogP contribution in [0.3, 0.4) is 0 Å². The molecule has 0 spiro atoms. The number of hydrogen-bond acceptors (Lipinski definition) is 2. The Labute approximate surface area is 123 Å². The van der Waals surface area contributed by atoms with E-state index in [0.717, 1.165) is 11.1 Å². The third-order valence-corrected chi connectivity index (χ3v) is 3.23. The van der Waals surface area contributed by atoms with Crippen molar-refractivity contribution in [2.45, 2.75) is 13.1 Å². The first-order chi connectivity index (χ1) is 9.58. The lowest BCUT2D eigenvalue weighted by atomic mass is 10.1. The van der Waals surface area contributed by atoms with Crippen molar-refractivity contribution in [3.63, 3.8) is 0 Å². The zero-order valence-electron chi connectivity index (χ0n) is 11.1. The van der Waals surface area contributed by atoms with E-state index in [1.807, 2.05) is 25.2 Å². The molecule has 0 bridgehead atoms. The molecule has 0 aliphatic rings. The van der Waals surface area contributed by atoms with Crippen molar-refractivity contribution in [1.29, 1.82) is 5.26 Å². The van der Waals surface area contributed by atoms with E-state index >= 15 is 0 Å². The summed E-state index contributed by atoms with van der Waals surface area (Å²) in [5.41, 5.74) is 2.68. The van der Waals surface area contributed by atoms with E-state index in [1.165, 1.54) is 6.07 Å². The molecule has 0 atom stereocenters. The number of nitrogens with zero attached hydrogens (tertiary/aromatic N) is 2. The lowest BCUT2D eigenvalue weighted by Gasteiger charge is -2.17. The van der Waals surface area contributed by atoms with Gasteiger partial charge in [0.25, 0.3) is 0 Å². The van der Waals surface area contributed by atoms with E-state index in [0.29, 0.717) is 18.7 Å². The van der Waals surface area contributed by atoms with Gasteiger partial charge < -0.3 is 0 Å². The molecule has 0 fully saturated rings. The number of halogens is 2. The first-order valence-corrected chi connectivity index (χ1v) is 6.58. The minimum Gasteiger partial charge on any atom is -0.298 e. The Kier molecular flexibility index (Phi) is 4.73. The molecular formula is C16H14ClFN2. The first kappa shape index (κ1) is 14.5. The molecule has 0 amide bonds. The summed E-state index contributed by atoms with van der Waals surface area (Å²) in [5.74, 6) is -0.403. The van der Waals surface area contributed by atoms with Gasteiger partial charge in [0, 0.05) is 13.1 Å². The van der Waals surface area contributed by atoms with Crippen molar-refractivity contribution < 1.29 is 4.39 Å². The van der Waals surface area contributed by atoms with E-state index in [1.54, 1.807) is 18.2 Å². The second-order valence-electron chi connectivity index (χ2n) is 4.73. The van der Waals surface area contributed by atoms with Gasteiger partial charge in [0.2, 0.25) is 0 Å². The quantitative estimate of drug-likeness (QED) is 0.851. The Morgan fingerprint density at radius 1 is 1.15 bits per heavy atom. The molecule has 0 unspecified atom stereocenters. The van der Waals surface area contributed by atoms with Crippen LogP contribution in [0.5, 0.6) is 0 Å². The van der Waals surface area contributed by atoms with Crippen molar-refractivity contribution in [3.05, 3.63) is 70.0 Å². The van der Waals surface area contributed by atoms with Crippen LogP contribution in [0.2, 0.25) is 5.02 Å². The Morgan fingerprint density at radius 3 is 2.50 bits per heavy atom. The van der Waals surface area contributed by atoms with E-state index in [4.69, 9.17) is 16.9 Å². The molecule has 0 aliphatic heterocycles. The van der Waals surface area contributed by atoms with Crippen LogP contribution in [0, 0.1) is 17.1 Å². The SMILES string of the molecule is CN(Cc1cccc(C#N)c1)Cc1ccc(F)c(Cl)c1. The fourth-order valence-electron chi connectivity index (χ4n) is 2.06. The molecule has 2 aromatic rings. The molecule has 2 rings (SSSR count). The van der Waals surface area contributed by atoms with Gasteiger partial charge in [0.05, 0.1) is 16.7 Å². The van der Waals surface area contributed by atoms with Crippen LogP contribution in [0.4, 0.5) is 4.39 Å². The van der Waals surface area contributed by atoms with Crippen LogP contribution >= 0.6 is 11.6 Å². The monoisotopic (exact) mass is 288 g/mol. The van der Waals surface area contributed by atoms with E-state index < -0.39 is 5.82 Å². The van der Waals surface area contributed by atoms with Gasteiger partial charge in [-0.25, -0.2) is 4.39 Å². The lowest BCUT2D eigenvalue weighted by Crippen LogP contribution is -2.17. The summed E-state index contributed by atoms with van der Waals surface area (Å²) in [6.45, 7) is 1.38. The van der Waals surface area contributed by atoms with Gasteiger partial charge in [0.1, 0.15) is 5.82 Å². The van der Waals surface area contributed by atoms with Crippen molar-refractivity contribution >= 4 is 11.6 Å². The van der Waals surface area contributed by atoms with Gasteiger partial charge in [-0.1, -0.05) is 29.8 Å². The van der Waals surface area contributed by atoms with Gasteiger partial charge in [-0.15, -0.1) is 0 Å². The minimum atomic E-state index is -0.403. The lowest BCUT2D eigenvalue weighted by molar-refractivity contribution is 0.319. The molecule has 2 nitrogen and oxygen atoms in total. The predicted molar refractivity (Wildman–Crippen MR) is 77.7 cm³/mol. The highest BCUT2D eigenvalue weighted by molar-refractivity contribution is 6.30. The van der Waals surface area contributed by atoms with Gasteiger partial charge in [-0.05, 0) is 42.4 Å². The fraction of sp³-hybridized carbons (Fsp3) is 0.188. The zero-order chi connectivity index (χ0) is 14.5. The molecule has 0 aromatic heterocycles. The summed E-state index contributed by atoms with van der Waals surface area (Å²) in [7, 11) is 1.97. The Balaban J connectivity index is 2.03. The average Bonchev–Trinajstić information content (AvgIpc) is 2.43. The molecule has 0 radical (unpaired) electrons. The maximum atomic E-state index is 13.1. The fourth-order valence-corrected chi connectivity index (χ4v) is 2.26. The number of nitriles is 1. The molecular weight excluding hydrogens is 275 g/mol. The van der Waals surface area contributed by atoms with Crippen LogP contribution < -0.4 is 0 Å². The van der Waals surface area contributed by atoms with Crippen LogP contribution in [0.15, 0.2) is 42.5 Å². The van der Waals surface area contributed by atoms with E-state index in [-0.39, 0.29) is 5.02 Å². The highest BCUT2D eigenvalue weighted by Gasteiger charge is 2.05. The topological polar surface area (TPSA) is 27.0 Å². The Hall–Kier alpha value is -1.89. The highest BCUT2D eigenvalue weighted by atomic mass is 35.5. The molecule has 102 valence electrons. The molecule has 0 saturated carbocycles. The van der Waals surface area contributed by atoms with Crippen LogP contribution in [-0.2, 0) is 13.1 Å². The molecule has 20 heavy (non-hydrogen) atoms. The third-order valence-electron chi connectivity index (χ3n) is 2.95. The first-order valence-electron chi connectivity index (χ1n) is 6.20. The summed E-state index contributed by atoms with van der Waals surface area (Å²) >= 11 is 5.77. The molecule has 0 aliphatic carbocycles. The minimum absolute atomic E-state index is 0.141. The predicted octanol–water partition coefficient (Wildman–Crippen LogP) is 3.98. The van der Waals surface area contributed by atoms with Crippen molar-refractivity contribution in [1.82, 2.24) is 4.90 Å². The Morgan fingerprint density at radius 2 is 1.85 bits per heavy atom. The molecule has 4 heteroatoms. The molecule has 0 saturated heterocycles. The normalized spacial score (nSPS) is 10.6. The van der Waals surface area contributed by atoms with E-state index in [9.17, 15) is 4.39 Å². The van der Waals surface area contributed by atoms with Crippen LogP contribution in [0.1, 0.15) is 16.7 Å². The zero-order valence-corrected chi connectivity index (χ0v) is 11.9. The van der Waals surface area contributed by atoms with Crippen LogP contribution in [-0.4, -0.2) is 11.9 Å². The molecule has 0 N–H and O–H groups in total. The van der Waals surface area contributed by atoms with Gasteiger partial charge in [-0.3, -0.25) is 4.90 Å². The highest BCUT2D eigenvalue weighted by Crippen LogP contribution is 2.17. The number of rotatable bonds is 4. The van der Waals surface area contributed by atoms with Gasteiger partial charge in [0.15, 0.2) is 0 Å². The van der Waals surface area contributed by atoms with E-state index in [2.05, 4.69) is 11.0 Å². The second kappa shape index (κ2) is 6.51. The summed E-state index contributed by atoms with van der Waals surface area (Å²) in [5, 5.41) is 9.02. The van der Waals surface area contributed by atoms with Crippen LogP contribution in [0.25, 0.3) is 0 Å². The summed E-state index contributed by atoms with van der Waals surface area (Å²) in [6.07, 6.45) is 0. The van der Waals surface area contributed by atoms with Crippen molar-refractivity contribution in [2.24, 2.45) is 0 Å². The second-order valence-corrected chi connectivity index (χ2v) is 5.14. The molecule has 0 heterocycles. The van der Waals surface area contributed by atoms with Gasteiger partial charge in [-0.2, -0.15) is 5.26 Å².